The van der Waals surface area contributed by atoms with Gasteiger partial charge in [0.2, 0.25) is 5.91 Å². The van der Waals surface area contributed by atoms with Crippen molar-refractivity contribution in [3.8, 4) is 0 Å². The van der Waals surface area contributed by atoms with Gasteiger partial charge in [0.15, 0.2) is 0 Å². The van der Waals surface area contributed by atoms with Crippen LogP contribution in [0.1, 0.15) is 11.4 Å². The van der Waals surface area contributed by atoms with Crippen LogP contribution in [0.2, 0.25) is 0 Å². The van der Waals surface area contributed by atoms with E-state index in [-0.39, 0.29) is 12.5 Å². The third-order valence-corrected chi connectivity index (χ3v) is 2.92. The van der Waals surface area contributed by atoms with E-state index >= 15 is 0 Å². The molecule has 1 aromatic rings. The van der Waals surface area contributed by atoms with Gasteiger partial charge in [-0.15, -0.1) is 5.10 Å². The first-order valence-corrected chi connectivity index (χ1v) is 6.83. The van der Waals surface area contributed by atoms with Crippen LogP contribution in [0.4, 0.5) is 13.2 Å². The first kappa shape index (κ1) is 19.8. The second-order valence-electron chi connectivity index (χ2n) is 4.97. The van der Waals surface area contributed by atoms with Crippen molar-refractivity contribution >= 4 is 11.9 Å². The van der Waals surface area contributed by atoms with E-state index < -0.39 is 12.1 Å². The number of fused-ring (bicyclic) bond motifs is 1. The summed E-state index contributed by atoms with van der Waals surface area (Å²) < 4.78 is 38.9. The van der Waals surface area contributed by atoms with Crippen LogP contribution in [-0.4, -0.2) is 70.3 Å². The largest absolute Gasteiger partial charge is 0.490 e. The Kier molecular flexibility index (Phi) is 7.10. The molecule has 2 heterocycles. The van der Waals surface area contributed by atoms with Gasteiger partial charge in [-0.2, -0.15) is 13.2 Å². The number of aliphatic carboxylic acids is 1. The number of ether oxygens (including phenoxy) is 1. The van der Waals surface area contributed by atoms with Gasteiger partial charge >= 0.3 is 12.1 Å². The molecule has 24 heavy (non-hydrogen) atoms. The number of nitrogens with one attached hydrogen (secondary N) is 1. The lowest BCUT2D eigenvalue weighted by molar-refractivity contribution is -0.192. The second-order valence-corrected chi connectivity index (χ2v) is 4.97. The number of carbonyl (C=O) groups is 2. The molecule has 1 amide bonds. The first-order chi connectivity index (χ1) is 11.1. The van der Waals surface area contributed by atoms with Crippen molar-refractivity contribution in [2.24, 2.45) is 0 Å². The minimum Gasteiger partial charge on any atom is -0.475 e. The number of carboxylic acids is 1. The zero-order valence-corrected chi connectivity index (χ0v) is 13.1. The van der Waals surface area contributed by atoms with E-state index in [1.54, 1.807) is 14.1 Å². The molecule has 0 saturated heterocycles. The van der Waals surface area contributed by atoms with Gasteiger partial charge in [-0.1, -0.05) is 5.21 Å². The fourth-order valence-electron chi connectivity index (χ4n) is 1.61. The summed E-state index contributed by atoms with van der Waals surface area (Å²) in [6.45, 7) is 2.91. The molecule has 0 saturated carbocycles. The summed E-state index contributed by atoms with van der Waals surface area (Å²) in [5.74, 6) is -2.81. The van der Waals surface area contributed by atoms with Crippen LogP contribution < -0.4 is 5.32 Å². The molecule has 0 spiro atoms. The Hall–Kier alpha value is -2.21. The Morgan fingerprint density at radius 2 is 2.04 bits per heavy atom. The van der Waals surface area contributed by atoms with Crippen molar-refractivity contribution < 1.29 is 32.6 Å². The number of carbonyl (C=O) groups excluding carboxylic acids is 1. The van der Waals surface area contributed by atoms with Gasteiger partial charge in [0.1, 0.15) is 12.3 Å². The highest BCUT2D eigenvalue weighted by atomic mass is 19.4. The number of nitrogens with zero attached hydrogens (tertiary/aromatic N) is 4. The zero-order chi connectivity index (χ0) is 18.3. The van der Waals surface area contributed by atoms with E-state index in [1.165, 1.54) is 4.90 Å². The van der Waals surface area contributed by atoms with Gasteiger partial charge in [-0.05, 0) is 0 Å². The van der Waals surface area contributed by atoms with Crippen LogP contribution in [0.15, 0.2) is 0 Å². The van der Waals surface area contributed by atoms with Crippen LogP contribution in [0, 0.1) is 0 Å². The number of hydrogen-bond donors (Lipinski definition) is 2. The highest BCUT2D eigenvalue weighted by molar-refractivity contribution is 5.76. The number of aromatic nitrogens is 3. The van der Waals surface area contributed by atoms with Gasteiger partial charge in [0, 0.05) is 27.2 Å². The molecule has 1 aromatic heterocycles. The molecule has 0 aromatic carbocycles. The summed E-state index contributed by atoms with van der Waals surface area (Å²) in [4.78, 5) is 21.7. The summed E-state index contributed by atoms with van der Waals surface area (Å²) in [5, 5.41) is 18.5. The van der Waals surface area contributed by atoms with Crippen molar-refractivity contribution in [2.45, 2.75) is 25.9 Å². The molecule has 1 aliphatic rings. The predicted octanol–water partition coefficient (Wildman–Crippen LogP) is -0.381. The Labute approximate surface area is 135 Å². The molecule has 0 bridgehead atoms. The standard InChI is InChI=1S/C10H17N5O2.C2HF3O2/c1-14(2)10(16)7-17-6-8-9-5-11-3-4-15(9)13-12-8;3-2(4,5)1(6)7/h11H,3-7H2,1-2H3;(H,6,7). The van der Waals surface area contributed by atoms with Crippen molar-refractivity contribution in [1.29, 1.82) is 0 Å². The molecule has 1 aliphatic heterocycles. The molecule has 0 radical (unpaired) electrons. The highest BCUT2D eigenvalue weighted by Crippen LogP contribution is 2.13. The normalized spacial score (nSPS) is 13.5. The van der Waals surface area contributed by atoms with Gasteiger partial charge in [0.25, 0.3) is 0 Å². The number of alkyl halides is 3. The predicted molar refractivity (Wildman–Crippen MR) is 73.8 cm³/mol. The third-order valence-electron chi connectivity index (χ3n) is 2.92. The maximum absolute atomic E-state index is 11.3. The Bertz CT molecular complexity index is 574. The van der Waals surface area contributed by atoms with Crippen LogP contribution in [-0.2, 0) is 34.0 Å². The van der Waals surface area contributed by atoms with E-state index in [4.69, 9.17) is 14.6 Å². The van der Waals surface area contributed by atoms with E-state index in [9.17, 15) is 18.0 Å². The minimum absolute atomic E-state index is 0.0517. The van der Waals surface area contributed by atoms with Gasteiger partial charge < -0.3 is 20.1 Å². The van der Waals surface area contributed by atoms with E-state index in [0.29, 0.717) is 6.61 Å². The molecule has 0 unspecified atom stereocenters. The highest BCUT2D eigenvalue weighted by Gasteiger charge is 2.38. The molecule has 0 fully saturated rings. The van der Waals surface area contributed by atoms with Crippen LogP contribution in [0.5, 0.6) is 0 Å². The zero-order valence-electron chi connectivity index (χ0n) is 13.1. The van der Waals surface area contributed by atoms with Crippen LogP contribution >= 0.6 is 0 Å². The molecule has 2 rings (SSSR count). The summed E-state index contributed by atoms with van der Waals surface area (Å²) in [7, 11) is 3.41. The SMILES string of the molecule is CN(C)C(=O)COCc1nnn2c1CNCC2.O=C(O)C(F)(F)F. The lowest BCUT2D eigenvalue weighted by Gasteiger charge is -2.15. The molecule has 0 aliphatic carbocycles. The summed E-state index contributed by atoms with van der Waals surface area (Å²) in [5.41, 5.74) is 1.86. The lowest BCUT2D eigenvalue weighted by Crippen LogP contribution is -2.29. The molecule has 0 atom stereocenters. The number of rotatable bonds is 4. The molecule has 136 valence electrons. The second kappa shape index (κ2) is 8.59. The maximum atomic E-state index is 11.3. The molecular formula is C12H18F3N5O4. The number of hydrogen-bond acceptors (Lipinski definition) is 6. The number of halogens is 3. The quantitative estimate of drug-likeness (QED) is 0.759. The van der Waals surface area contributed by atoms with E-state index in [2.05, 4.69) is 15.6 Å². The number of likely N-dealkylation sites (N-methyl/N-ethyl adjacent to an activating group) is 1. The van der Waals surface area contributed by atoms with Crippen molar-refractivity contribution in [3.05, 3.63) is 11.4 Å². The third kappa shape index (κ3) is 6.12. The van der Waals surface area contributed by atoms with Crippen molar-refractivity contribution in [3.63, 3.8) is 0 Å². The number of amides is 1. The molecule has 12 heteroatoms. The molecule has 9 nitrogen and oxygen atoms in total. The monoisotopic (exact) mass is 353 g/mol. The summed E-state index contributed by atoms with van der Waals surface area (Å²) in [6.07, 6.45) is -5.08. The topological polar surface area (TPSA) is 110 Å². The Morgan fingerprint density at radius 3 is 2.58 bits per heavy atom. The fraction of sp³-hybridized carbons (Fsp3) is 0.667. The minimum atomic E-state index is -5.08. The Morgan fingerprint density at radius 1 is 1.42 bits per heavy atom. The van der Waals surface area contributed by atoms with Crippen molar-refractivity contribution in [1.82, 2.24) is 25.2 Å². The van der Waals surface area contributed by atoms with Crippen LogP contribution in [0.25, 0.3) is 0 Å². The lowest BCUT2D eigenvalue weighted by atomic mass is 10.3. The van der Waals surface area contributed by atoms with Gasteiger partial charge in [-0.3, -0.25) is 4.79 Å². The fourth-order valence-corrected chi connectivity index (χ4v) is 1.61. The van der Waals surface area contributed by atoms with E-state index in [1.807, 2.05) is 4.68 Å². The average Bonchev–Trinajstić information content (AvgIpc) is 2.90. The first-order valence-electron chi connectivity index (χ1n) is 6.83. The average molecular weight is 353 g/mol. The molecular weight excluding hydrogens is 335 g/mol. The maximum Gasteiger partial charge on any atom is 0.490 e. The van der Waals surface area contributed by atoms with Crippen molar-refractivity contribution in [2.75, 3.05) is 27.2 Å². The number of carboxylic acid groups (broad SMARTS) is 1. The van der Waals surface area contributed by atoms with Gasteiger partial charge in [-0.25, -0.2) is 9.48 Å². The molecule has 2 N–H and O–H groups in total. The van der Waals surface area contributed by atoms with Crippen LogP contribution in [0.3, 0.4) is 0 Å². The summed E-state index contributed by atoms with van der Waals surface area (Å²) >= 11 is 0. The van der Waals surface area contributed by atoms with E-state index in [0.717, 1.165) is 31.0 Å². The Balaban J connectivity index is 0.000000351. The summed E-state index contributed by atoms with van der Waals surface area (Å²) in [6, 6.07) is 0. The smallest absolute Gasteiger partial charge is 0.475 e. The van der Waals surface area contributed by atoms with Gasteiger partial charge in [0.05, 0.1) is 18.8 Å².